The first-order chi connectivity index (χ1) is 1.73. The van der Waals surface area contributed by atoms with Crippen LogP contribution in [0.2, 0.25) is 0 Å². The average Bonchev–Trinajstić information content (AvgIpc) is 0.811. The van der Waals surface area contributed by atoms with E-state index in [0.29, 0.717) is 0 Å². The van der Waals surface area contributed by atoms with Gasteiger partial charge in [0, 0.05) is 8.41 Å². The van der Waals surface area contributed by atoms with Crippen molar-refractivity contribution in [3.05, 3.63) is 0 Å². The Balaban J connectivity index is -0.0000000150. The van der Waals surface area contributed by atoms with E-state index in [1.165, 1.54) is 0 Å². The molecule has 0 bridgehead atoms. The molecule has 0 rings (SSSR count). The van der Waals surface area contributed by atoms with Crippen LogP contribution in [-0.2, 0) is 4.46 Å². The third-order valence-electron chi connectivity index (χ3n) is 0. The summed E-state index contributed by atoms with van der Waals surface area (Å²) in [5, 5.41) is 0. The molecule has 3 radical (unpaired) electrons. The Hall–Kier alpha value is 0.682. The Kier molecular flexibility index (Phi) is 24.4. The van der Waals surface area contributed by atoms with Crippen LogP contribution in [0.25, 0.3) is 0 Å². The fourth-order valence-corrected chi connectivity index (χ4v) is 0. The van der Waals surface area contributed by atoms with Gasteiger partial charge in [-0.2, -0.15) is 0 Å². The molecule has 0 aromatic heterocycles. The zero-order chi connectivity index (χ0) is 3.58. The number of hydrogen-bond donors (Lipinski definition) is 2. The van der Waals surface area contributed by atoms with E-state index in [0.717, 1.165) is 0 Å². The summed E-state index contributed by atoms with van der Waals surface area (Å²) < 4.78 is 8.74. The van der Waals surface area contributed by atoms with Crippen LogP contribution in [-0.4, -0.2) is 27.2 Å². The first-order valence-electron chi connectivity index (χ1n) is 0.651. The zero-order valence-corrected chi connectivity index (χ0v) is 6.38. The summed E-state index contributed by atoms with van der Waals surface area (Å²) in [6, 6.07) is 0. The van der Waals surface area contributed by atoms with Crippen LogP contribution in [0, 0.1) is 0 Å². The Morgan fingerprint density at radius 2 is 1.50 bits per heavy atom. The zero-order valence-electron chi connectivity index (χ0n) is 4.38. The Morgan fingerprint density at radius 1 is 1.50 bits per heavy atom. The molecule has 0 fully saturated rings. The van der Waals surface area contributed by atoms with Crippen LogP contribution in [0.4, 0.5) is 0 Å². The van der Waals surface area contributed by atoms with Crippen molar-refractivity contribution in [2.75, 3.05) is 0 Å². The van der Waals surface area contributed by atoms with Crippen LogP contribution in [0.5, 0.6) is 0 Å². The van der Waals surface area contributed by atoms with Crippen LogP contribution in [0.1, 0.15) is 1.43 Å². The Labute approximate surface area is 62.6 Å². The largest absolute Gasteiger partial charge is 1.00 e. The van der Waals surface area contributed by atoms with Crippen molar-refractivity contribution in [1.82, 2.24) is 0 Å². The summed E-state index contributed by atoms with van der Waals surface area (Å²) in [7, 11) is -3.13. The summed E-state index contributed by atoms with van der Waals surface area (Å²) in [6.07, 6.45) is 0. The van der Waals surface area contributed by atoms with E-state index in [4.69, 9.17) is 14.1 Å². The topological polar surface area (TPSA) is 57.5 Å². The van der Waals surface area contributed by atoms with Gasteiger partial charge < -0.3 is 11.0 Å². The summed E-state index contributed by atoms with van der Waals surface area (Å²) in [4.78, 5) is 14.3. The van der Waals surface area contributed by atoms with Gasteiger partial charge in [-0.05, 0) is 0 Å². The van der Waals surface area contributed by atoms with E-state index >= 15 is 0 Å². The molecule has 2 N–H and O–H groups in total. The maximum Gasteiger partial charge on any atom is 1.00 e. The molecule has 3 nitrogen and oxygen atoms in total. The van der Waals surface area contributed by atoms with Crippen molar-refractivity contribution >= 4 is 17.6 Å². The van der Waals surface area contributed by atoms with Gasteiger partial charge in [-0.25, -0.2) is 0 Å². The summed E-state index contributed by atoms with van der Waals surface area (Å²) in [6.45, 7) is 0. The summed E-state index contributed by atoms with van der Waals surface area (Å²) in [5.41, 5.74) is 0. The van der Waals surface area contributed by atoms with Gasteiger partial charge >= 0.3 is 38.7 Å². The molecule has 0 heterocycles. The standard InChI is InChI=1S/B.Na.H2O3Si.H/c;;1-4(2)3;/h;;1-2H;/q;+1;;-1. The minimum atomic E-state index is -3.13. The predicted molar refractivity (Wildman–Crippen MR) is 17.7 cm³/mol. The second-order valence-corrected chi connectivity index (χ2v) is 0.848. The molecule has 0 saturated carbocycles. The molecule has 0 aliphatic carbocycles. The van der Waals surface area contributed by atoms with Gasteiger partial charge in [0.15, 0.2) is 0 Å². The molecule has 0 aromatic carbocycles. The van der Waals surface area contributed by atoms with E-state index < -0.39 is 9.17 Å². The monoisotopic (exact) mass is 113 g/mol. The average molecular weight is 113 g/mol. The quantitative estimate of drug-likeness (QED) is 0.309. The number of rotatable bonds is 0. The van der Waals surface area contributed by atoms with Crippen molar-refractivity contribution in [3.63, 3.8) is 0 Å². The Bertz CT molecular complexity index is 37.9. The Morgan fingerprint density at radius 3 is 1.50 bits per heavy atom. The molecule has 0 aromatic rings. The molecule has 6 heavy (non-hydrogen) atoms. The van der Waals surface area contributed by atoms with Gasteiger partial charge in [-0.3, -0.25) is 4.46 Å². The predicted octanol–water partition coefficient (Wildman–Crippen LogP) is -4.88. The normalized spacial score (nSPS) is 4.00. The molecular weight excluding hydrogens is 110 g/mol. The van der Waals surface area contributed by atoms with E-state index in [2.05, 4.69) is 0 Å². The van der Waals surface area contributed by atoms with Gasteiger partial charge in [0.2, 0.25) is 0 Å². The molecule has 0 amide bonds. The molecule has 0 aliphatic rings. The van der Waals surface area contributed by atoms with Crippen molar-refractivity contribution in [2.24, 2.45) is 0 Å². The molecule has 0 saturated heterocycles. The van der Waals surface area contributed by atoms with Gasteiger partial charge in [-0.1, -0.05) is 0 Å². The molecule has 0 spiro atoms. The first kappa shape index (κ1) is 15.9. The second-order valence-electron chi connectivity index (χ2n) is 0.283. The second kappa shape index (κ2) is 9.19. The van der Waals surface area contributed by atoms with Crippen molar-refractivity contribution in [3.8, 4) is 0 Å². The van der Waals surface area contributed by atoms with E-state index in [1.54, 1.807) is 0 Å². The maximum absolute atomic E-state index is 8.74. The van der Waals surface area contributed by atoms with Crippen molar-refractivity contribution < 1.29 is 45.0 Å². The van der Waals surface area contributed by atoms with Crippen LogP contribution in [0.3, 0.4) is 0 Å². The third-order valence-corrected chi connectivity index (χ3v) is 0. The minimum Gasteiger partial charge on any atom is -1.00 e. The van der Waals surface area contributed by atoms with Crippen LogP contribution < -0.4 is 29.6 Å². The third kappa shape index (κ3) is 137. The van der Waals surface area contributed by atoms with E-state index in [9.17, 15) is 0 Å². The SMILES string of the molecule is O=[Si](O)O.[B].[H-].[Na+]. The smallest absolute Gasteiger partial charge is 1.00 e. The maximum atomic E-state index is 8.74. The van der Waals surface area contributed by atoms with Gasteiger partial charge in [0.1, 0.15) is 0 Å². The fourth-order valence-electron chi connectivity index (χ4n) is 0. The fraction of sp³-hybridized carbons (Fsp3) is 0. The van der Waals surface area contributed by atoms with Gasteiger partial charge in [-0.15, -0.1) is 0 Å². The molecule has 29 valence electrons. The molecular formula is H3BNaO3Si. The summed E-state index contributed by atoms with van der Waals surface area (Å²) >= 11 is 0. The van der Waals surface area contributed by atoms with E-state index in [1.807, 2.05) is 0 Å². The van der Waals surface area contributed by atoms with Crippen molar-refractivity contribution in [1.29, 1.82) is 0 Å². The van der Waals surface area contributed by atoms with Crippen LogP contribution >= 0.6 is 0 Å². The molecule has 6 heteroatoms. The number of hydrogen-bond acceptors (Lipinski definition) is 1. The summed E-state index contributed by atoms with van der Waals surface area (Å²) in [5.74, 6) is 0. The van der Waals surface area contributed by atoms with Crippen LogP contribution in [0.15, 0.2) is 0 Å². The van der Waals surface area contributed by atoms with Gasteiger partial charge in [0.25, 0.3) is 0 Å². The molecule has 0 atom stereocenters. The van der Waals surface area contributed by atoms with Gasteiger partial charge in [0.05, 0.1) is 0 Å². The van der Waals surface area contributed by atoms with Crippen molar-refractivity contribution in [2.45, 2.75) is 0 Å². The molecule has 0 unspecified atom stereocenters. The molecule has 0 aliphatic heterocycles. The first-order valence-corrected chi connectivity index (χ1v) is 1.95. The van der Waals surface area contributed by atoms with E-state index in [-0.39, 0.29) is 39.4 Å². The minimum absolute atomic E-state index is 0.